The zero-order valence-corrected chi connectivity index (χ0v) is 21.8. The minimum Gasteiger partial charge on any atom is -0.462 e. The topological polar surface area (TPSA) is 84.1 Å². The van der Waals surface area contributed by atoms with E-state index in [4.69, 9.17) is 4.74 Å². The third-order valence-corrected chi connectivity index (χ3v) is 7.43. The molecular weight excluding hydrogens is 489 g/mol. The first-order valence-corrected chi connectivity index (χ1v) is 12.6. The number of aromatic nitrogens is 1. The second-order valence-corrected chi connectivity index (χ2v) is 9.75. The fraction of sp³-hybridized carbons (Fsp3) is 0.207. The molecule has 2 aromatic carbocycles. The Hall–Kier alpha value is -4.22. The van der Waals surface area contributed by atoms with Gasteiger partial charge in [0.1, 0.15) is 22.5 Å². The molecule has 1 amide bonds. The molecule has 0 aliphatic rings. The van der Waals surface area contributed by atoms with E-state index < -0.39 is 11.9 Å². The Morgan fingerprint density at radius 1 is 1.14 bits per heavy atom. The van der Waals surface area contributed by atoms with Crippen LogP contribution in [-0.4, -0.2) is 23.1 Å². The monoisotopic (exact) mass is 515 g/mol. The van der Waals surface area contributed by atoms with Crippen LogP contribution in [0.3, 0.4) is 0 Å². The van der Waals surface area contributed by atoms with Crippen molar-refractivity contribution in [3.63, 3.8) is 0 Å². The molecule has 2 heterocycles. The number of ether oxygens (including phenoxy) is 1. The van der Waals surface area contributed by atoms with Crippen LogP contribution >= 0.6 is 11.3 Å². The number of nitrogens with zero attached hydrogens (tertiary/aromatic N) is 2. The van der Waals surface area contributed by atoms with Gasteiger partial charge in [-0.25, -0.2) is 9.18 Å². The van der Waals surface area contributed by atoms with Crippen molar-refractivity contribution >= 4 is 45.2 Å². The molecule has 0 radical (unpaired) electrons. The number of hydrogen-bond donors (Lipinski definition) is 1. The van der Waals surface area contributed by atoms with Crippen LogP contribution in [0.4, 0.5) is 9.39 Å². The lowest BCUT2D eigenvalue weighted by Gasteiger charge is -2.10. The summed E-state index contributed by atoms with van der Waals surface area (Å²) < 4.78 is 21.5. The lowest BCUT2D eigenvalue weighted by molar-refractivity contribution is -0.112. The third-order valence-electron chi connectivity index (χ3n) is 6.31. The van der Waals surface area contributed by atoms with E-state index >= 15 is 0 Å². The van der Waals surface area contributed by atoms with Gasteiger partial charge < -0.3 is 14.6 Å². The highest BCUT2D eigenvalue weighted by Crippen LogP contribution is 2.34. The molecule has 37 heavy (non-hydrogen) atoms. The zero-order valence-electron chi connectivity index (χ0n) is 21.0. The lowest BCUT2D eigenvalue weighted by Crippen LogP contribution is -2.16. The predicted molar refractivity (Wildman–Crippen MR) is 144 cm³/mol. The SMILES string of the molecule is CCOC(=O)c1c(NC(=O)C(C#N)=Cc2c(C)n(Cc3ccccc3F)c3ccccc23)sc(C)c1C. The van der Waals surface area contributed by atoms with Crippen molar-refractivity contribution < 1.29 is 18.7 Å². The largest absolute Gasteiger partial charge is 0.462 e. The van der Waals surface area contributed by atoms with Gasteiger partial charge in [-0.1, -0.05) is 36.4 Å². The second-order valence-electron chi connectivity index (χ2n) is 8.53. The van der Waals surface area contributed by atoms with E-state index in [1.54, 1.807) is 38.1 Å². The highest BCUT2D eigenvalue weighted by molar-refractivity contribution is 7.16. The fourth-order valence-corrected chi connectivity index (χ4v) is 5.31. The van der Waals surface area contributed by atoms with Crippen LogP contribution < -0.4 is 5.32 Å². The fourth-order valence-electron chi connectivity index (χ4n) is 4.27. The molecule has 0 aliphatic carbocycles. The number of rotatable bonds is 7. The van der Waals surface area contributed by atoms with E-state index in [0.29, 0.717) is 28.2 Å². The first-order valence-electron chi connectivity index (χ1n) is 11.8. The van der Waals surface area contributed by atoms with E-state index in [2.05, 4.69) is 5.32 Å². The minimum atomic E-state index is -0.625. The van der Waals surface area contributed by atoms with Gasteiger partial charge in [0.2, 0.25) is 0 Å². The molecule has 8 heteroatoms. The van der Waals surface area contributed by atoms with Crippen molar-refractivity contribution in [2.45, 2.75) is 34.2 Å². The normalized spacial score (nSPS) is 11.4. The first-order chi connectivity index (χ1) is 17.8. The smallest absolute Gasteiger partial charge is 0.341 e. The Kier molecular flexibility index (Phi) is 7.55. The van der Waals surface area contributed by atoms with Crippen LogP contribution in [0.15, 0.2) is 54.1 Å². The number of amides is 1. The first kappa shape index (κ1) is 25.9. The number of halogens is 1. The van der Waals surface area contributed by atoms with Crippen LogP contribution in [0.25, 0.3) is 17.0 Å². The van der Waals surface area contributed by atoms with Gasteiger partial charge in [0.05, 0.1) is 18.7 Å². The summed E-state index contributed by atoms with van der Waals surface area (Å²) in [5.41, 5.74) is 3.80. The Labute approximate surface area is 218 Å². The maximum absolute atomic E-state index is 14.4. The Morgan fingerprint density at radius 2 is 1.84 bits per heavy atom. The summed E-state index contributed by atoms with van der Waals surface area (Å²) in [6.45, 7) is 7.75. The van der Waals surface area contributed by atoms with E-state index in [-0.39, 0.29) is 18.0 Å². The molecule has 0 fully saturated rings. The molecule has 0 aliphatic heterocycles. The molecule has 4 rings (SSSR count). The standard InChI is InChI=1S/C29H26FN3O3S/c1-5-36-29(35)26-17(2)19(4)37-28(26)32-27(34)21(15-31)14-23-18(3)33(25-13-9-7-11-22(23)25)16-20-10-6-8-12-24(20)30/h6-14H,5,16H2,1-4H3,(H,32,34). The molecule has 0 spiro atoms. The van der Waals surface area contributed by atoms with Gasteiger partial charge in [0.25, 0.3) is 5.91 Å². The van der Waals surface area contributed by atoms with Gasteiger partial charge >= 0.3 is 5.97 Å². The van der Waals surface area contributed by atoms with Gasteiger partial charge in [-0.2, -0.15) is 5.26 Å². The summed E-state index contributed by atoms with van der Waals surface area (Å²) in [5.74, 6) is -1.44. The maximum Gasteiger partial charge on any atom is 0.341 e. The Morgan fingerprint density at radius 3 is 2.54 bits per heavy atom. The average Bonchev–Trinajstić information content (AvgIpc) is 3.30. The average molecular weight is 516 g/mol. The van der Waals surface area contributed by atoms with Crippen LogP contribution in [0, 0.1) is 37.9 Å². The van der Waals surface area contributed by atoms with Gasteiger partial charge in [-0.05, 0) is 51.5 Å². The lowest BCUT2D eigenvalue weighted by atomic mass is 10.1. The number of carbonyl (C=O) groups is 2. The highest BCUT2D eigenvalue weighted by Gasteiger charge is 2.24. The maximum atomic E-state index is 14.4. The number of thiophene rings is 1. The van der Waals surface area contributed by atoms with Crippen molar-refractivity contribution in [2.75, 3.05) is 11.9 Å². The minimum absolute atomic E-state index is 0.115. The predicted octanol–water partition coefficient (Wildman–Crippen LogP) is 6.54. The van der Waals surface area contributed by atoms with E-state index in [0.717, 1.165) is 27.0 Å². The number of esters is 1. The molecule has 0 saturated carbocycles. The number of anilines is 1. The van der Waals surface area contributed by atoms with Crippen molar-refractivity contribution in [1.29, 1.82) is 5.26 Å². The van der Waals surface area contributed by atoms with E-state index in [1.807, 2.05) is 48.7 Å². The van der Waals surface area contributed by atoms with Gasteiger partial charge in [-0.15, -0.1) is 11.3 Å². The number of hydrogen-bond acceptors (Lipinski definition) is 5. The number of aryl methyl sites for hydroxylation is 1. The number of nitriles is 1. The van der Waals surface area contributed by atoms with Crippen LogP contribution in [0.5, 0.6) is 0 Å². The number of fused-ring (bicyclic) bond motifs is 1. The summed E-state index contributed by atoms with van der Waals surface area (Å²) in [5, 5.41) is 13.8. The second kappa shape index (κ2) is 10.8. The molecule has 0 saturated heterocycles. The summed E-state index contributed by atoms with van der Waals surface area (Å²) in [7, 11) is 0. The molecule has 1 N–H and O–H groups in total. The molecule has 4 aromatic rings. The highest BCUT2D eigenvalue weighted by atomic mass is 32.1. The van der Waals surface area contributed by atoms with Gasteiger partial charge in [0.15, 0.2) is 0 Å². The Bertz CT molecular complexity index is 1590. The summed E-state index contributed by atoms with van der Waals surface area (Å²) in [6.07, 6.45) is 1.54. The number of benzene rings is 2. The third kappa shape index (κ3) is 5.04. The summed E-state index contributed by atoms with van der Waals surface area (Å²) >= 11 is 1.26. The zero-order chi connectivity index (χ0) is 26.7. The molecule has 6 nitrogen and oxygen atoms in total. The van der Waals surface area contributed by atoms with Crippen molar-refractivity contribution in [3.8, 4) is 6.07 Å². The van der Waals surface area contributed by atoms with Gasteiger partial charge in [-0.3, -0.25) is 4.79 Å². The van der Waals surface area contributed by atoms with Crippen LogP contribution in [-0.2, 0) is 16.1 Å². The summed E-state index contributed by atoms with van der Waals surface area (Å²) in [6, 6.07) is 16.2. The summed E-state index contributed by atoms with van der Waals surface area (Å²) in [4.78, 5) is 26.6. The van der Waals surface area contributed by atoms with Crippen LogP contribution in [0.1, 0.15) is 44.5 Å². The molecule has 2 aromatic heterocycles. The Balaban J connectivity index is 1.74. The molecule has 0 bridgehead atoms. The quantitative estimate of drug-likeness (QED) is 0.172. The van der Waals surface area contributed by atoms with Crippen molar-refractivity contribution in [2.24, 2.45) is 0 Å². The van der Waals surface area contributed by atoms with Gasteiger partial charge in [0, 0.05) is 32.6 Å². The molecular formula is C29H26FN3O3S. The molecule has 0 atom stereocenters. The molecule has 188 valence electrons. The number of nitrogens with one attached hydrogen (secondary N) is 1. The van der Waals surface area contributed by atoms with E-state index in [9.17, 15) is 19.2 Å². The molecule has 0 unspecified atom stereocenters. The van der Waals surface area contributed by atoms with Crippen molar-refractivity contribution in [3.05, 3.63) is 92.7 Å². The van der Waals surface area contributed by atoms with Crippen LogP contribution in [0.2, 0.25) is 0 Å². The number of para-hydroxylation sites is 1. The van der Waals surface area contributed by atoms with E-state index in [1.165, 1.54) is 17.4 Å². The van der Waals surface area contributed by atoms with Crippen molar-refractivity contribution in [1.82, 2.24) is 4.57 Å². The number of carbonyl (C=O) groups excluding carboxylic acids is 2.